The van der Waals surface area contributed by atoms with Crippen molar-refractivity contribution in [2.45, 2.75) is 13.8 Å². The maximum absolute atomic E-state index is 4.53. The molecule has 0 atom stereocenters. The first-order chi connectivity index (χ1) is 8.11. The minimum atomic E-state index is 0.761. The Balaban J connectivity index is 2.48. The van der Waals surface area contributed by atoms with Crippen LogP contribution in [0.4, 0.5) is 5.82 Å². The summed E-state index contributed by atoms with van der Waals surface area (Å²) in [6.45, 7) is 4.85. The molecule has 0 fully saturated rings. The zero-order valence-electron chi connectivity index (χ0n) is 9.42. The Hall–Kier alpha value is -0.460. The first-order valence-corrected chi connectivity index (χ1v) is 7.60. The number of nitrogens with one attached hydrogen (secondary N) is 1. The van der Waals surface area contributed by atoms with Gasteiger partial charge in [-0.1, -0.05) is 0 Å². The number of anilines is 1. The second-order valence-electron chi connectivity index (χ2n) is 3.45. The fourth-order valence-corrected chi connectivity index (χ4v) is 3.06. The van der Waals surface area contributed by atoms with Crippen LogP contribution in [0.15, 0.2) is 20.4 Å². The standard InChI is InChI=1S/C11H11Br2N3S/c1-3-14-11-9(13)6(2)15-10(16-11)8-4-7(12)5-17-8/h4-5H,3H2,1-2H3,(H,14,15,16). The lowest BCUT2D eigenvalue weighted by Crippen LogP contribution is -2.04. The van der Waals surface area contributed by atoms with Crippen molar-refractivity contribution >= 4 is 49.0 Å². The van der Waals surface area contributed by atoms with Crippen molar-refractivity contribution in [1.82, 2.24) is 9.97 Å². The van der Waals surface area contributed by atoms with E-state index in [-0.39, 0.29) is 0 Å². The molecule has 0 aliphatic heterocycles. The van der Waals surface area contributed by atoms with Gasteiger partial charge in [0, 0.05) is 16.4 Å². The van der Waals surface area contributed by atoms with Crippen LogP contribution in [0, 0.1) is 6.92 Å². The Morgan fingerprint density at radius 3 is 2.71 bits per heavy atom. The molecular weight excluding hydrogens is 366 g/mol. The summed E-state index contributed by atoms with van der Waals surface area (Å²) in [6, 6.07) is 2.03. The molecule has 90 valence electrons. The van der Waals surface area contributed by atoms with Crippen LogP contribution in [0.2, 0.25) is 0 Å². The van der Waals surface area contributed by atoms with Crippen molar-refractivity contribution in [1.29, 1.82) is 0 Å². The van der Waals surface area contributed by atoms with Gasteiger partial charge in [-0.15, -0.1) is 11.3 Å². The van der Waals surface area contributed by atoms with E-state index in [0.717, 1.165) is 37.7 Å². The molecule has 0 aliphatic rings. The highest BCUT2D eigenvalue weighted by Crippen LogP contribution is 2.31. The summed E-state index contributed by atoms with van der Waals surface area (Å²) in [5.41, 5.74) is 0.940. The Labute approximate surface area is 121 Å². The third kappa shape index (κ3) is 2.86. The molecule has 6 heteroatoms. The molecule has 0 radical (unpaired) electrons. The SMILES string of the molecule is CCNc1nc(-c2cc(Br)cs2)nc(C)c1Br. The van der Waals surface area contributed by atoms with E-state index in [9.17, 15) is 0 Å². The van der Waals surface area contributed by atoms with Gasteiger partial charge in [-0.25, -0.2) is 9.97 Å². The van der Waals surface area contributed by atoms with Crippen LogP contribution in [0.3, 0.4) is 0 Å². The molecule has 0 bridgehead atoms. The van der Waals surface area contributed by atoms with Crippen LogP contribution in [0.1, 0.15) is 12.6 Å². The summed E-state index contributed by atoms with van der Waals surface area (Å²) in [4.78, 5) is 10.1. The molecular formula is C11H11Br2N3S. The Bertz CT molecular complexity index is 540. The van der Waals surface area contributed by atoms with Crippen LogP contribution in [-0.4, -0.2) is 16.5 Å². The first-order valence-electron chi connectivity index (χ1n) is 5.14. The zero-order chi connectivity index (χ0) is 12.4. The number of nitrogens with zero attached hydrogens (tertiary/aromatic N) is 2. The molecule has 0 amide bonds. The number of thiophene rings is 1. The van der Waals surface area contributed by atoms with Crippen LogP contribution in [0.5, 0.6) is 0 Å². The van der Waals surface area contributed by atoms with Crippen LogP contribution < -0.4 is 5.32 Å². The molecule has 1 N–H and O–H groups in total. The van der Waals surface area contributed by atoms with Crippen molar-refractivity contribution in [3.8, 4) is 10.7 Å². The van der Waals surface area contributed by atoms with Crippen LogP contribution in [0.25, 0.3) is 10.7 Å². The number of halogens is 2. The monoisotopic (exact) mass is 375 g/mol. The topological polar surface area (TPSA) is 37.8 Å². The summed E-state index contributed by atoms with van der Waals surface area (Å²) >= 11 is 8.57. The molecule has 2 aromatic heterocycles. The molecule has 2 rings (SSSR count). The van der Waals surface area contributed by atoms with Gasteiger partial charge in [0.25, 0.3) is 0 Å². The summed E-state index contributed by atoms with van der Waals surface area (Å²) in [6.07, 6.45) is 0. The summed E-state index contributed by atoms with van der Waals surface area (Å²) < 4.78 is 1.99. The third-order valence-electron chi connectivity index (χ3n) is 2.15. The number of aromatic nitrogens is 2. The maximum Gasteiger partial charge on any atom is 0.171 e. The van der Waals surface area contributed by atoms with E-state index in [1.165, 1.54) is 0 Å². The first kappa shape index (κ1) is 13.0. The Kier molecular flexibility index (Phi) is 4.17. The van der Waals surface area contributed by atoms with E-state index >= 15 is 0 Å². The number of aryl methyl sites for hydroxylation is 1. The van der Waals surface area contributed by atoms with Crippen molar-refractivity contribution in [2.75, 3.05) is 11.9 Å². The summed E-state index contributed by atoms with van der Waals surface area (Å²) in [5.74, 6) is 1.61. The lowest BCUT2D eigenvalue weighted by molar-refractivity contribution is 1.07. The normalized spacial score (nSPS) is 10.6. The minimum absolute atomic E-state index is 0.761. The van der Waals surface area contributed by atoms with Gasteiger partial charge in [-0.3, -0.25) is 0 Å². The van der Waals surface area contributed by atoms with Crippen molar-refractivity contribution < 1.29 is 0 Å². The fraction of sp³-hybridized carbons (Fsp3) is 0.273. The van der Waals surface area contributed by atoms with Crippen molar-refractivity contribution in [2.24, 2.45) is 0 Å². The van der Waals surface area contributed by atoms with Gasteiger partial charge in [-0.2, -0.15) is 0 Å². The molecule has 17 heavy (non-hydrogen) atoms. The molecule has 3 nitrogen and oxygen atoms in total. The van der Waals surface area contributed by atoms with E-state index in [0.29, 0.717) is 0 Å². The summed E-state index contributed by atoms with van der Waals surface area (Å²) in [7, 11) is 0. The molecule has 0 spiro atoms. The van der Waals surface area contributed by atoms with E-state index in [1.807, 2.05) is 25.3 Å². The average Bonchev–Trinajstić information content (AvgIpc) is 2.71. The molecule has 0 unspecified atom stereocenters. The summed E-state index contributed by atoms with van der Waals surface area (Å²) in [5, 5.41) is 5.26. The highest BCUT2D eigenvalue weighted by atomic mass is 79.9. The molecule has 2 aromatic rings. The quantitative estimate of drug-likeness (QED) is 0.858. The second-order valence-corrected chi connectivity index (χ2v) is 6.07. The van der Waals surface area contributed by atoms with Crippen LogP contribution in [-0.2, 0) is 0 Å². The zero-order valence-corrected chi connectivity index (χ0v) is 13.4. The van der Waals surface area contributed by atoms with Gasteiger partial charge in [0.2, 0.25) is 0 Å². The van der Waals surface area contributed by atoms with Gasteiger partial charge >= 0.3 is 0 Å². The number of rotatable bonds is 3. The predicted molar refractivity (Wildman–Crippen MR) is 79.6 cm³/mol. The number of hydrogen-bond donors (Lipinski definition) is 1. The van der Waals surface area contributed by atoms with Crippen molar-refractivity contribution in [3.05, 3.63) is 26.1 Å². The molecule has 2 heterocycles. The third-order valence-corrected chi connectivity index (χ3v) is 4.79. The van der Waals surface area contributed by atoms with E-state index in [1.54, 1.807) is 11.3 Å². The maximum atomic E-state index is 4.53. The van der Waals surface area contributed by atoms with Gasteiger partial charge in [0.05, 0.1) is 15.0 Å². The fourth-order valence-electron chi connectivity index (χ4n) is 1.38. The molecule has 0 aromatic carbocycles. The van der Waals surface area contributed by atoms with Crippen LogP contribution >= 0.6 is 43.2 Å². The second kappa shape index (κ2) is 5.46. The molecule has 0 saturated carbocycles. The predicted octanol–water partition coefficient (Wildman–Crippen LogP) is 4.47. The lowest BCUT2D eigenvalue weighted by Gasteiger charge is -2.08. The lowest BCUT2D eigenvalue weighted by atomic mass is 10.3. The number of hydrogen-bond acceptors (Lipinski definition) is 4. The molecule has 0 saturated heterocycles. The van der Waals surface area contributed by atoms with Gasteiger partial charge in [0.15, 0.2) is 5.82 Å². The van der Waals surface area contributed by atoms with Gasteiger partial charge < -0.3 is 5.32 Å². The Morgan fingerprint density at radius 1 is 1.35 bits per heavy atom. The van der Waals surface area contributed by atoms with E-state index in [4.69, 9.17) is 0 Å². The minimum Gasteiger partial charge on any atom is -0.369 e. The van der Waals surface area contributed by atoms with Gasteiger partial charge in [-0.05, 0) is 51.8 Å². The largest absolute Gasteiger partial charge is 0.369 e. The highest BCUT2D eigenvalue weighted by Gasteiger charge is 2.11. The average molecular weight is 377 g/mol. The van der Waals surface area contributed by atoms with Gasteiger partial charge in [0.1, 0.15) is 5.82 Å². The smallest absolute Gasteiger partial charge is 0.171 e. The van der Waals surface area contributed by atoms with Crippen molar-refractivity contribution in [3.63, 3.8) is 0 Å². The van der Waals surface area contributed by atoms with E-state index in [2.05, 4.69) is 47.1 Å². The molecule has 0 aliphatic carbocycles. The Morgan fingerprint density at radius 2 is 2.12 bits per heavy atom. The highest BCUT2D eigenvalue weighted by molar-refractivity contribution is 9.11. The van der Waals surface area contributed by atoms with E-state index < -0.39 is 0 Å².